The summed E-state index contributed by atoms with van der Waals surface area (Å²) in [6.07, 6.45) is 4.77. The van der Waals surface area contributed by atoms with Crippen molar-refractivity contribution in [2.24, 2.45) is 10.7 Å². The van der Waals surface area contributed by atoms with Crippen LogP contribution < -0.4 is 10.6 Å². The van der Waals surface area contributed by atoms with Crippen molar-refractivity contribution in [3.8, 4) is 0 Å². The first-order valence-corrected chi connectivity index (χ1v) is 12.6. The summed E-state index contributed by atoms with van der Waals surface area (Å²) in [7, 11) is -3.44. The Kier molecular flexibility index (Phi) is 8.53. The lowest BCUT2D eigenvalue weighted by atomic mass is 10.2. The van der Waals surface area contributed by atoms with Crippen molar-refractivity contribution in [2.45, 2.75) is 30.7 Å². The molecule has 0 unspecified atom stereocenters. The minimum Gasteiger partial charge on any atom is -0.370 e. The van der Waals surface area contributed by atoms with Gasteiger partial charge in [-0.2, -0.15) is 4.31 Å². The fourth-order valence-electron chi connectivity index (χ4n) is 3.83. The van der Waals surface area contributed by atoms with Crippen LogP contribution in [-0.4, -0.2) is 67.8 Å². The Bertz CT molecular complexity index is 969. The lowest BCUT2D eigenvalue weighted by molar-refractivity contribution is 0.346. The van der Waals surface area contributed by atoms with Crippen molar-refractivity contribution in [3.05, 3.63) is 41.4 Å². The molecule has 0 amide bonds. The Morgan fingerprint density at radius 3 is 2.52 bits per heavy atom. The first-order valence-electron chi connectivity index (χ1n) is 10.3. The molecule has 0 radical (unpaired) electrons. The highest BCUT2D eigenvalue weighted by molar-refractivity contribution is 14.0. The molecule has 2 N–H and O–H groups in total. The van der Waals surface area contributed by atoms with Gasteiger partial charge in [-0.25, -0.2) is 18.4 Å². The van der Waals surface area contributed by atoms with E-state index < -0.39 is 10.0 Å². The van der Waals surface area contributed by atoms with Crippen molar-refractivity contribution in [1.82, 2.24) is 14.2 Å². The number of hydrogen-bond donors (Lipinski definition) is 1. The summed E-state index contributed by atoms with van der Waals surface area (Å²) in [5.41, 5.74) is 7.06. The molecule has 0 saturated carbocycles. The molecule has 2 aromatic rings. The van der Waals surface area contributed by atoms with Gasteiger partial charge in [0.15, 0.2) is 11.1 Å². The smallest absolute Gasteiger partial charge is 0.243 e. The Morgan fingerprint density at radius 1 is 1.10 bits per heavy atom. The van der Waals surface area contributed by atoms with Crippen LogP contribution in [0.25, 0.3) is 0 Å². The maximum atomic E-state index is 12.9. The summed E-state index contributed by atoms with van der Waals surface area (Å²) in [4.78, 5) is 13.5. The number of aromatic nitrogens is 1. The number of nitrogens with zero attached hydrogens (tertiary/aromatic N) is 5. The van der Waals surface area contributed by atoms with Crippen molar-refractivity contribution >= 4 is 56.4 Å². The number of benzene rings is 1. The predicted octanol–water partition coefficient (Wildman–Crippen LogP) is 2.57. The minimum atomic E-state index is -3.44. The van der Waals surface area contributed by atoms with Gasteiger partial charge in [-0.1, -0.05) is 18.6 Å². The fraction of sp³-hybridized carbons (Fsp3) is 0.500. The van der Waals surface area contributed by atoms with Gasteiger partial charge >= 0.3 is 0 Å². The molecule has 0 spiro atoms. The number of guanidine groups is 1. The Hall–Kier alpha value is -1.44. The van der Waals surface area contributed by atoms with Gasteiger partial charge in [0, 0.05) is 50.8 Å². The molecule has 1 aromatic heterocycles. The SMILES string of the molecule is I.NC(=NCc1cccc(S(=O)(=O)N2CCCCC2)c1)N1CCN(c2nccs2)CC1. The summed E-state index contributed by atoms with van der Waals surface area (Å²) in [5, 5.41) is 3.02. The average Bonchev–Trinajstić information content (AvgIpc) is 3.33. The standard InChI is InChI=1S/C20H28N6O2S2.HI/c21-19(24-10-12-25(13-11-24)20-22-7-14-29-20)23-16-17-5-4-6-18(15-17)30(27,28)26-8-2-1-3-9-26;/h4-7,14-15H,1-3,8-13,16H2,(H2,21,23);1H. The third-order valence-electron chi connectivity index (χ3n) is 5.57. The van der Waals surface area contributed by atoms with E-state index in [2.05, 4.69) is 19.8 Å². The topological polar surface area (TPSA) is 95.1 Å². The van der Waals surface area contributed by atoms with Crippen LogP contribution in [-0.2, 0) is 16.6 Å². The molecule has 31 heavy (non-hydrogen) atoms. The molecule has 4 rings (SSSR count). The average molecular weight is 577 g/mol. The number of sulfonamides is 1. The predicted molar refractivity (Wildman–Crippen MR) is 136 cm³/mol. The number of halogens is 1. The van der Waals surface area contributed by atoms with Crippen LogP contribution in [0, 0.1) is 0 Å². The van der Waals surface area contributed by atoms with E-state index in [0.717, 1.165) is 56.1 Å². The van der Waals surface area contributed by atoms with Crippen LogP contribution in [0.3, 0.4) is 0 Å². The summed E-state index contributed by atoms with van der Waals surface area (Å²) in [6.45, 7) is 4.86. The van der Waals surface area contributed by atoms with Crippen LogP contribution in [0.2, 0.25) is 0 Å². The van der Waals surface area contributed by atoms with E-state index in [1.54, 1.807) is 33.8 Å². The van der Waals surface area contributed by atoms with Crippen molar-refractivity contribution in [1.29, 1.82) is 0 Å². The molecule has 170 valence electrons. The van der Waals surface area contributed by atoms with Crippen LogP contribution in [0.15, 0.2) is 45.7 Å². The van der Waals surface area contributed by atoms with Crippen LogP contribution in [0.1, 0.15) is 24.8 Å². The molecule has 2 aliphatic rings. The monoisotopic (exact) mass is 576 g/mol. The quantitative estimate of drug-likeness (QED) is 0.334. The number of nitrogens with two attached hydrogens (primary N) is 1. The molecule has 0 aliphatic carbocycles. The molecule has 2 saturated heterocycles. The highest BCUT2D eigenvalue weighted by atomic mass is 127. The highest BCUT2D eigenvalue weighted by Gasteiger charge is 2.26. The van der Waals surface area contributed by atoms with Gasteiger partial charge in [0.2, 0.25) is 10.0 Å². The second kappa shape index (κ2) is 10.9. The van der Waals surface area contributed by atoms with Gasteiger partial charge in [-0.15, -0.1) is 35.3 Å². The first kappa shape index (κ1) is 24.2. The summed E-state index contributed by atoms with van der Waals surface area (Å²) in [5.74, 6) is 0.498. The number of hydrogen-bond acceptors (Lipinski definition) is 6. The molecule has 3 heterocycles. The third-order valence-corrected chi connectivity index (χ3v) is 8.30. The number of rotatable bonds is 5. The third kappa shape index (κ3) is 5.88. The van der Waals surface area contributed by atoms with Gasteiger partial charge in [-0.3, -0.25) is 0 Å². The van der Waals surface area contributed by atoms with Gasteiger partial charge in [-0.05, 0) is 30.5 Å². The molecular weight excluding hydrogens is 547 g/mol. The molecular formula is C20H29IN6O2S2. The van der Waals surface area contributed by atoms with Gasteiger partial charge in [0.05, 0.1) is 11.4 Å². The lowest BCUT2D eigenvalue weighted by Gasteiger charge is -2.35. The fourth-order valence-corrected chi connectivity index (χ4v) is 6.11. The van der Waals surface area contributed by atoms with E-state index in [0.29, 0.717) is 30.5 Å². The van der Waals surface area contributed by atoms with E-state index in [1.807, 2.05) is 17.6 Å². The number of anilines is 1. The largest absolute Gasteiger partial charge is 0.370 e. The zero-order valence-corrected chi connectivity index (χ0v) is 21.4. The van der Waals surface area contributed by atoms with Gasteiger partial charge in [0.1, 0.15) is 0 Å². The molecule has 8 nitrogen and oxygen atoms in total. The van der Waals surface area contributed by atoms with E-state index >= 15 is 0 Å². The normalized spacial score (nSPS) is 18.6. The zero-order valence-electron chi connectivity index (χ0n) is 17.4. The maximum absolute atomic E-state index is 12.9. The summed E-state index contributed by atoms with van der Waals surface area (Å²) < 4.78 is 27.4. The minimum absolute atomic E-state index is 0. The van der Waals surface area contributed by atoms with Crippen molar-refractivity contribution in [3.63, 3.8) is 0 Å². The van der Waals surface area contributed by atoms with Crippen molar-refractivity contribution < 1.29 is 8.42 Å². The van der Waals surface area contributed by atoms with Crippen LogP contribution >= 0.6 is 35.3 Å². The molecule has 11 heteroatoms. The Labute approximate surface area is 205 Å². The maximum Gasteiger partial charge on any atom is 0.243 e. The second-order valence-electron chi connectivity index (χ2n) is 7.58. The molecule has 2 aliphatic heterocycles. The number of piperidine rings is 1. The van der Waals surface area contributed by atoms with E-state index in [4.69, 9.17) is 5.73 Å². The van der Waals surface area contributed by atoms with Gasteiger partial charge in [0.25, 0.3) is 0 Å². The Balaban J connectivity index is 0.00000272. The van der Waals surface area contributed by atoms with E-state index in [-0.39, 0.29) is 24.0 Å². The van der Waals surface area contributed by atoms with Gasteiger partial charge < -0.3 is 15.5 Å². The summed E-state index contributed by atoms with van der Waals surface area (Å²) >= 11 is 1.64. The summed E-state index contributed by atoms with van der Waals surface area (Å²) in [6, 6.07) is 7.07. The molecule has 0 atom stereocenters. The Morgan fingerprint density at radius 2 is 1.84 bits per heavy atom. The van der Waals surface area contributed by atoms with Crippen LogP contribution in [0.5, 0.6) is 0 Å². The number of aliphatic imine (C=N–C) groups is 1. The number of piperazine rings is 1. The van der Waals surface area contributed by atoms with Crippen molar-refractivity contribution in [2.75, 3.05) is 44.2 Å². The second-order valence-corrected chi connectivity index (χ2v) is 10.4. The lowest BCUT2D eigenvalue weighted by Crippen LogP contribution is -2.51. The van der Waals surface area contributed by atoms with E-state index in [9.17, 15) is 8.42 Å². The zero-order chi connectivity index (χ0) is 21.0. The molecule has 0 bridgehead atoms. The molecule has 1 aromatic carbocycles. The first-order chi connectivity index (χ1) is 14.5. The van der Waals surface area contributed by atoms with E-state index in [1.165, 1.54) is 0 Å². The molecule has 2 fully saturated rings. The highest BCUT2D eigenvalue weighted by Crippen LogP contribution is 2.22. The van der Waals surface area contributed by atoms with Crippen LogP contribution in [0.4, 0.5) is 5.13 Å². The number of thiazole rings is 1.